The number of aliphatic hydroxyl groups excluding tert-OH is 1. The molecule has 1 heterocycles. The molecule has 1 saturated heterocycles. The van der Waals surface area contributed by atoms with Crippen LogP contribution in [0.15, 0.2) is 0 Å². The molecule has 2 fully saturated rings. The number of rotatable bonds is 5. The maximum Gasteiger partial charge on any atom is 0.0578 e. The Kier molecular flexibility index (Phi) is 6.31. The molecule has 2 rings (SSSR count). The molecule has 3 heteroatoms. The molecule has 0 bridgehead atoms. The van der Waals surface area contributed by atoms with Crippen molar-refractivity contribution in [3.63, 3.8) is 0 Å². The molecule has 3 unspecified atom stereocenters. The van der Waals surface area contributed by atoms with Gasteiger partial charge >= 0.3 is 0 Å². The second-order valence-corrected chi connectivity index (χ2v) is 7.22. The summed E-state index contributed by atoms with van der Waals surface area (Å²) in [4.78, 5) is 2.55. The molecule has 3 nitrogen and oxygen atoms in total. The van der Waals surface area contributed by atoms with Crippen LogP contribution in [0.5, 0.6) is 0 Å². The molecule has 2 N–H and O–H groups in total. The standard InChI is InChI=1S/C17H34N2O/c1-4-17(20)14-10-16(12-19(11-14)13(2)3)18-15-8-6-5-7-9-15/h13-18,20H,4-12H2,1-3H3. The van der Waals surface area contributed by atoms with E-state index < -0.39 is 0 Å². The fourth-order valence-corrected chi connectivity index (χ4v) is 3.93. The minimum atomic E-state index is -0.132. The number of likely N-dealkylation sites (tertiary alicyclic amines) is 1. The van der Waals surface area contributed by atoms with Gasteiger partial charge in [-0.15, -0.1) is 0 Å². The van der Waals surface area contributed by atoms with Crippen molar-refractivity contribution in [2.75, 3.05) is 13.1 Å². The second kappa shape index (κ2) is 7.77. The van der Waals surface area contributed by atoms with Crippen LogP contribution in [0.3, 0.4) is 0 Å². The Balaban J connectivity index is 1.92. The van der Waals surface area contributed by atoms with Crippen LogP contribution in [0.25, 0.3) is 0 Å². The maximum atomic E-state index is 10.3. The first-order valence-electron chi connectivity index (χ1n) is 8.78. The topological polar surface area (TPSA) is 35.5 Å². The van der Waals surface area contributed by atoms with Crippen molar-refractivity contribution in [1.29, 1.82) is 0 Å². The Morgan fingerprint density at radius 3 is 2.40 bits per heavy atom. The van der Waals surface area contributed by atoms with Crippen LogP contribution in [0, 0.1) is 5.92 Å². The van der Waals surface area contributed by atoms with Gasteiger partial charge in [-0.05, 0) is 45.4 Å². The van der Waals surface area contributed by atoms with Gasteiger partial charge in [-0.3, -0.25) is 4.90 Å². The molecule has 1 aliphatic heterocycles. The van der Waals surface area contributed by atoms with E-state index >= 15 is 0 Å². The molecule has 0 aromatic carbocycles. The fourth-order valence-electron chi connectivity index (χ4n) is 3.93. The first-order chi connectivity index (χ1) is 9.60. The van der Waals surface area contributed by atoms with Crippen molar-refractivity contribution in [1.82, 2.24) is 10.2 Å². The zero-order chi connectivity index (χ0) is 14.5. The largest absolute Gasteiger partial charge is 0.393 e. The summed E-state index contributed by atoms with van der Waals surface area (Å²) in [5, 5.41) is 14.2. The van der Waals surface area contributed by atoms with Gasteiger partial charge in [-0.25, -0.2) is 0 Å². The van der Waals surface area contributed by atoms with Gasteiger partial charge < -0.3 is 10.4 Å². The number of hydrogen-bond acceptors (Lipinski definition) is 3. The van der Waals surface area contributed by atoms with E-state index in [2.05, 4.69) is 31.0 Å². The average Bonchev–Trinajstić information content (AvgIpc) is 2.47. The van der Waals surface area contributed by atoms with Crippen molar-refractivity contribution < 1.29 is 5.11 Å². The summed E-state index contributed by atoms with van der Waals surface area (Å²) in [5.74, 6) is 0.442. The minimum Gasteiger partial charge on any atom is -0.393 e. The molecule has 0 aromatic rings. The van der Waals surface area contributed by atoms with E-state index in [0.29, 0.717) is 18.0 Å². The highest BCUT2D eigenvalue weighted by molar-refractivity contribution is 4.89. The van der Waals surface area contributed by atoms with E-state index in [1.807, 2.05) is 0 Å². The molecule has 0 radical (unpaired) electrons. The first-order valence-corrected chi connectivity index (χ1v) is 8.78. The van der Waals surface area contributed by atoms with Crippen LogP contribution < -0.4 is 5.32 Å². The molecular weight excluding hydrogens is 248 g/mol. The summed E-state index contributed by atoms with van der Waals surface area (Å²) in [5.41, 5.74) is 0. The molecule has 3 atom stereocenters. The average molecular weight is 282 g/mol. The van der Waals surface area contributed by atoms with Crippen LogP contribution in [0.4, 0.5) is 0 Å². The van der Waals surface area contributed by atoms with Crippen LogP contribution >= 0.6 is 0 Å². The lowest BCUT2D eigenvalue weighted by Gasteiger charge is -2.43. The molecule has 1 saturated carbocycles. The van der Waals surface area contributed by atoms with E-state index in [4.69, 9.17) is 0 Å². The predicted octanol–water partition coefficient (Wildman–Crippen LogP) is 2.78. The highest BCUT2D eigenvalue weighted by atomic mass is 16.3. The van der Waals surface area contributed by atoms with Gasteiger partial charge in [-0.2, -0.15) is 0 Å². The molecule has 0 amide bonds. The van der Waals surface area contributed by atoms with Gasteiger partial charge in [0.05, 0.1) is 6.10 Å². The van der Waals surface area contributed by atoms with Gasteiger partial charge in [0, 0.05) is 31.2 Å². The lowest BCUT2D eigenvalue weighted by molar-refractivity contribution is 0.0217. The van der Waals surface area contributed by atoms with Gasteiger partial charge in [0.1, 0.15) is 0 Å². The highest BCUT2D eigenvalue weighted by Crippen LogP contribution is 2.25. The van der Waals surface area contributed by atoms with Gasteiger partial charge in [-0.1, -0.05) is 26.2 Å². The number of nitrogens with zero attached hydrogens (tertiary/aromatic N) is 1. The molecule has 0 aromatic heterocycles. The molecule has 1 aliphatic carbocycles. The number of piperidine rings is 1. The minimum absolute atomic E-state index is 0.132. The zero-order valence-electron chi connectivity index (χ0n) is 13.6. The molecule has 20 heavy (non-hydrogen) atoms. The van der Waals surface area contributed by atoms with Gasteiger partial charge in [0.2, 0.25) is 0 Å². The Labute approximate surface area is 125 Å². The van der Waals surface area contributed by atoms with E-state index in [0.717, 1.165) is 32.0 Å². The Bertz CT molecular complexity index is 274. The first kappa shape index (κ1) is 16.3. The van der Waals surface area contributed by atoms with Crippen LogP contribution in [0.1, 0.15) is 65.7 Å². The van der Waals surface area contributed by atoms with Crippen LogP contribution in [0.2, 0.25) is 0 Å². The third-order valence-corrected chi connectivity index (χ3v) is 5.28. The Hall–Kier alpha value is -0.120. The molecule has 0 spiro atoms. The van der Waals surface area contributed by atoms with Crippen molar-refractivity contribution in [3.05, 3.63) is 0 Å². The van der Waals surface area contributed by atoms with Crippen LogP contribution in [-0.2, 0) is 0 Å². The summed E-state index contributed by atoms with van der Waals surface area (Å²) in [6, 6.07) is 1.87. The molecular formula is C17H34N2O. The summed E-state index contributed by atoms with van der Waals surface area (Å²) in [7, 11) is 0. The highest BCUT2D eigenvalue weighted by Gasteiger charge is 2.32. The number of hydrogen-bond donors (Lipinski definition) is 2. The summed E-state index contributed by atoms with van der Waals surface area (Å²) >= 11 is 0. The fraction of sp³-hybridized carbons (Fsp3) is 1.00. The summed E-state index contributed by atoms with van der Waals surface area (Å²) < 4.78 is 0. The zero-order valence-corrected chi connectivity index (χ0v) is 13.6. The summed E-state index contributed by atoms with van der Waals surface area (Å²) in [6.45, 7) is 8.87. The Morgan fingerprint density at radius 1 is 1.10 bits per heavy atom. The monoisotopic (exact) mass is 282 g/mol. The quantitative estimate of drug-likeness (QED) is 0.814. The summed E-state index contributed by atoms with van der Waals surface area (Å²) in [6.07, 6.45) is 8.78. The van der Waals surface area contributed by atoms with Gasteiger partial charge in [0.25, 0.3) is 0 Å². The van der Waals surface area contributed by atoms with E-state index in [-0.39, 0.29) is 6.10 Å². The van der Waals surface area contributed by atoms with Crippen molar-refractivity contribution in [2.24, 2.45) is 5.92 Å². The lowest BCUT2D eigenvalue weighted by atomic mass is 9.86. The van der Waals surface area contributed by atoms with Crippen molar-refractivity contribution in [2.45, 2.75) is 89.9 Å². The van der Waals surface area contributed by atoms with Crippen molar-refractivity contribution in [3.8, 4) is 0 Å². The SMILES string of the molecule is CCC(O)C1CC(NC2CCCCC2)CN(C(C)C)C1. The normalized spacial score (nSPS) is 31.6. The number of nitrogens with one attached hydrogen (secondary N) is 1. The van der Waals surface area contributed by atoms with E-state index in [9.17, 15) is 5.11 Å². The predicted molar refractivity (Wildman–Crippen MR) is 84.9 cm³/mol. The second-order valence-electron chi connectivity index (χ2n) is 7.22. The van der Waals surface area contributed by atoms with Crippen molar-refractivity contribution >= 4 is 0 Å². The third-order valence-electron chi connectivity index (χ3n) is 5.28. The van der Waals surface area contributed by atoms with Gasteiger partial charge in [0.15, 0.2) is 0 Å². The Morgan fingerprint density at radius 2 is 1.80 bits per heavy atom. The molecule has 2 aliphatic rings. The molecule has 118 valence electrons. The number of aliphatic hydroxyl groups is 1. The smallest absolute Gasteiger partial charge is 0.0578 e. The third kappa shape index (κ3) is 4.44. The van der Waals surface area contributed by atoms with E-state index in [1.54, 1.807) is 0 Å². The van der Waals surface area contributed by atoms with Crippen LogP contribution in [-0.4, -0.2) is 47.3 Å². The lowest BCUT2D eigenvalue weighted by Crippen LogP contribution is -2.55. The van der Waals surface area contributed by atoms with E-state index in [1.165, 1.54) is 32.1 Å². The maximum absolute atomic E-state index is 10.3.